The molecule has 1 aromatic rings. The van der Waals surface area contributed by atoms with Gasteiger partial charge in [-0.2, -0.15) is 12.6 Å². The summed E-state index contributed by atoms with van der Waals surface area (Å²) in [5.41, 5.74) is 0.698. The number of thiol groups is 1. The monoisotopic (exact) mass is 182 g/mol. The van der Waals surface area contributed by atoms with Crippen molar-refractivity contribution in [3.8, 4) is 0 Å². The summed E-state index contributed by atoms with van der Waals surface area (Å²) in [4.78, 5) is 19.0. The molecule has 1 heterocycles. The Bertz CT molecular complexity index is 261. The fourth-order valence-electron chi connectivity index (χ4n) is 0.747. The Morgan fingerprint density at radius 1 is 1.67 bits per heavy atom. The molecule has 0 amide bonds. The molecule has 4 heteroatoms. The largest absolute Gasteiger partial charge is 0.298 e. The second kappa shape index (κ2) is 4.21. The van der Waals surface area contributed by atoms with Crippen molar-refractivity contribution < 1.29 is 4.79 Å². The molecule has 0 aliphatic carbocycles. The van der Waals surface area contributed by atoms with Gasteiger partial charge < -0.3 is 0 Å². The predicted molar refractivity (Wildman–Crippen MR) is 49.2 cm³/mol. The van der Waals surface area contributed by atoms with Gasteiger partial charge in [0.1, 0.15) is 0 Å². The standard InChI is InChI=1S/C8H10N2OS/c1-6(12)8(11)4-7-5-9-2-3-10-7/h2-3,5-6,12H,4H2,1H3. The van der Waals surface area contributed by atoms with Crippen molar-refractivity contribution in [3.63, 3.8) is 0 Å². The van der Waals surface area contributed by atoms with Crippen LogP contribution in [0.5, 0.6) is 0 Å². The molecule has 0 N–H and O–H groups in total. The fourth-order valence-corrected chi connectivity index (χ4v) is 0.839. The Morgan fingerprint density at radius 3 is 2.92 bits per heavy atom. The zero-order chi connectivity index (χ0) is 8.97. The highest BCUT2D eigenvalue weighted by Gasteiger charge is 2.09. The van der Waals surface area contributed by atoms with Crippen LogP contribution >= 0.6 is 12.6 Å². The van der Waals surface area contributed by atoms with Crippen molar-refractivity contribution in [1.82, 2.24) is 9.97 Å². The lowest BCUT2D eigenvalue weighted by Crippen LogP contribution is -2.14. The number of Topliss-reactive ketones (excluding diaryl/α,β-unsaturated/α-hetero) is 1. The highest BCUT2D eigenvalue weighted by atomic mass is 32.1. The Kier molecular flexibility index (Phi) is 3.22. The van der Waals surface area contributed by atoms with E-state index in [9.17, 15) is 4.79 Å². The van der Waals surface area contributed by atoms with Crippen LogP contribution in [0.3, 0.4) is 0 Å². The second-order valence-electron chi connectivity index (χ2n) is 2.52. The van der Waals surface area contributed by atoms with Gasteiger partial charge in [-0.25, -0.2) is 0 Å². The minimum absolute atomic E-state index is 0.0684. The van der Waals surface area contributed by atoms with Crippen molar-refractivity contribution in [2.45, 2.75) is 18.6 Å². The Hall–Kier alpha value is -0.900. The summed E-state index contributed by atoms with van der Waals surface area (Å²) < 4.78 is 0. The molecule has 0 radical (unpaired) electrons. The zero-order valence-electron chi connectivity index (χ0n) is 6.77. The fraction of sp³-hybridized carbons (Fsp3) is 0.375. The number of carbonyl (C=O) groups is 1. The molecule has 0 fully saturated rings. The van der Waals surface area contributed by atoms with Crippen molar-refractivity contribution in [3.05, 3.63) is 24.3 Å². The van der Waals surface area contributed by atoms with Crippen LogP contribution in [0.2, 0.25) is 0 Å². The predicted octanol–water partition coefficient (Wildman–Crippen LogP) is 0.906. The van der Waals surface area contributed by atoms with E-state index in [1.165, 1.54) is 0 Å². The maximum absolute atomic E-state index is 11.2. The van der Waals surface area contributed by atoms with E-state index in [1.807, 2.05) is 0 Å². The van der Waals surface area contributed by atoms with Crippen LogP contribution in [-0.4, -0.2) is 21.0 Å². The number of hydrogen-bond donors (Lipinski definition) is 1. The smallest absolute Gasteiger partial charge is 0.151 e. The number of carbonyl (C=O) groups excluding carboxylic acids is 1. The molecule has 0 saturated carbocycles. The van der Waals surface area contributed by atoms with E-state index < -0.39 is 0 Å². The molecule has 3 nitrogen and oxygen atoms in total. The molecule has 0 aromatic carbocycles. The molecule has 1 atom stereocenters. The molecule has 1 unspecified atom stereocenters. The van der Waals surface area contributed by atoms with Crippen LogP contribution in [-0.2, 0) is 11.2 Å². The third-order valence-corrected chi connectivity index (χ3v) is 1.73. The molecule has 0 saturated heterocycles. The average Bonchev–Trinajstić information content (AvgIpc) is 2.06. The van der Waals surface area contributed by atoms with Gasteiger partial charge >= 0.3 is 0 Å². The number of aromatic nitrogens is 2. The molecule has 0 spiro atoms. The summed E-state index contributed by atoms with van der Waals surface area (Å²) in [7, 11) is 0. The van der Waals surface area contributed by atoms with Crippen LogP contribution in [0.25, 0.3) is 0 Å². The Balaban J connectivity index is 2.59. The van der Waals surface area contributed by atoms with Crippen LogP contribution in [0.4, 0.5) is 0 Å². The van der Waals surface area contributed by atoms with E-state index >= 15 is 0 Å². The lowest BCUT2D eigenvalue weighted by molar-refractivity contribution is -0.117. The first-order valence-electron chi connectivity index (χ1n) is 3.66. The number of nitrogens with zero attached hydrogens (tertiary/aromatic N) is 2. The average molecular weight is 182 g/mol. The minimum Gasteiger partial charge on any atom is -0.298 e. The minimum atomic E-state index is -0.230. The van der Waals surface area contributed by atoms with Crippen LogP contribution in [0, 0.1) is 0 Å². The normalized spacial score (nSPS) is 12.5. The molecule has 1 aromatic heterocycles. The Labute approximate surface area is 76.6 Å². The maximum atomic E-state index is 11.2. The first kappa shape index (κ1) is 9.19. The van der Waals surface area contributed by atoms with Crippen molar-refractivity contribution >= 4 is 18.4 Å². The molecule has 0 bridgehead atoms. The van der Waals surface area contributed by atoms with E-state index in [1.54, 1.807) is 25.5 Å². The molecule has 0 aliphatic rings. The van der Waals surface area contributed by atoms with Crippen LogP contribution < -0.4 is 0 Å². The van der Waals surface area contributed by atoms with Crippen molar-refractivity contribution in [2.24, 2.45) is 0 Å². The Morgan fingerprint density at radius 2 is 2.42 bits per heavy atom. The first-order chi connectivity index (χ1) is 5.70. The second-order valence-corrected chi connectivity index (χ2v) is 3.29. The molecule has 12 heavy (non-hydrogen) atoms. The first-order valence-corrected chi connectivity index (χ1v) is 4.17. The topological polar surface area (TPSA) is 42.9 Å². The molecular formula is C8H10N2OS. The van der Waals surface area contributed by atoms with Gasteiger partial charge in [-0.15, -0.1) is 0 Å². The third-order valence-electron chi connectivity index (χ3n) is 1.44. The summed E-state index contributed by atoms with van der Waals surface area (Å²) in [6, 6.07) is 0. The van der Waals surface area contributed by atoms with Gasteiger partial charge in [0, 0.05) is 18.6 Å². The molecule has 1 rings (SSSR count). The number of hydrogen-bond acceptors (Lipinski definition) is 4. The number of rotatable bonds is 3. The van der Waals surface area contributed by atoms with E-state index in [4.69, 9.17) is 0 Å². The summed E-state index contributed by atoms with van der Waals surface area (Å²) in [5.74, 6) is 0.0684. The lowest BCUT2D eigenvalue weighted by Gasteiger charge is -2.01. The van der Waals surface area contributed by atoms with E-state index in [-0.39, 0.29) is 11.0 Å². The molecule has 64 valence electrons. The summed E-state index contributed by atoms with van der Waals surface area (Å²) in [5, 5.41) is -0.230. The maximum Gasteiger partial charge on any atom is 0.151 e. The van der Waals surface area contributed by atoms with Gasteiger partial charge in [0.2, 0.25) is 0 Å². The van der Waals surface area contributed by atoms with Gasteiger partial charge in [-0.3, -0.25) is 14.8 Å². The van der Waals surface area contributed by atoms with Gasteiger partial charge in [0.25, 0.3) is 0 Å². The zero-order valence-corrected chi connectivity index (χ0v) is 7.66. The van der Waals surface area contributed by atoms with Crippen molar-refractivity contribution in [2.75, 3.05) is 0 Å². The highest BCUT2D eigenvalue weighted by molar-refractivity contribution is 7.81. The van der Waals surface area contributed by atoms with Gasteiger partial charge in [0.15, 0.2) is 5.78 Å². The van der Waals surface area contributed by atoms with Gasteiger partial charge in [-0.05, 0) is 6.92 Å². The van der Waals surface area contributed by atoms with E-state index in [0.29, 0.717) is 12.1 Å². The van der Waals surface area contributed by atoms with E-state index in [2.05, 4.69) is 22.6 Å². The van der Waals surface area contributed by atoms with E-state index in [0.717, 1.165) is 0 Å². The SMILES string of the molecule is CC(S)C(=O)Cc1cnccn1. The van der Waals surface area contributed by atoms with Gasteiger partial charge in [0.05, 0.1) is 17.4 Å². The summed E-state index contributed by atoms with van der Waals surface area (Å²) in [6.07, 6.45) is 5.07. The van der Waals surface area contributed by atoms with Crippen LogP contribution in [0.1, 0.15) is 12.6 Å². The van der Waals surface area contributed by atoms with Gasteiger partial charge in [-0.1, -0.05) is 0 Å². The third kappa shape index (κ3) is 2.62. The quantitative estimate of drug-likeness (QED) is 0.706. The van der Waals surface area contributed by atoms with Crippen LogP contribution in [0.15, 0.2) is 18.6 Å². The molecular weight excluding hydrogens is 172 g/mol. The summed E-state index contributed by atoms with van der Waals surface area (Å²) in [6.45, 7) is 1.75. The summed E-state index contributed by atoms with van der Waals surface area (Å²) >= 11 is 4.03. The number of ketones is 1. The highest BCUT2D eigenvalue weighted by Crippen LogP contribution is 2.00. The van der Waals surface area contributed by atoms with Crippen molar-refractivity contribution in [1.29, 1.82) is 0 Å². The lowest BCUT2D eigenvalue weighted by atomic mass is 10.2. The molecule has 0 aliphatic heterocycles.